The van der Waals surface area contributed by atoms with E-state index in [0.29, 0.717) is 0 Å². The van der Waals surface area contributed by atoms with Crippen molar-refractivity contribution in [2.75, 3.05) is 20.2 Å². The zero-order valence-corrected chi connectivity index (χ0v) is 12.0. The van der Waals surface area contributed by atoms with E-state index < -0.39 is 0 Å². The maximum Gasteiger partial charge on any atom is 0.118 e. The van der Waals surface area contributed by atoms with E-state index in [1.807, 2.05) is 18.2 Å². The molecular weight excluding hydrogens is 246 g/mol. The zero-order valence-electron chi connectivity index (χ0n) is 12.0. The third-order valence-corrected chi connectivity index (χ3v) is 3.21. The Morgan fingerprint density at radius 3 is 2.45 bits per heavy atom. The van der Waals surface area contributed by atoms with Crippen LogP contribution in [0.2, 0.25) is 0 Å². The lowest BCUT2D eigenvalue weighted by molar-refractivity contribution is -0.645. The Bertz CT molecular complexity index is 517. The van der Waals surface area contributed by atoms with Gasteiger partial charge in [0.05, 0.1) is 20.2 Å². The van der Waals surface area contributed by atoms with Crippen molar-refractivity contribution in [1.82, 2.24) is 0 Å². The Morgan fingerprint density at radius 1 is 1.00 bits per heavy atom. The van der Waals surface area contributed by atoms with Gasteiger partial charge in [-0.25, -0.2) is 0 Å². The molecule has 0 saturated carbocycles. The Balaban J connectivity index is 1.65. The number of methoxy groups -OCH3 is 1. The van der Waals surface area contributed by atoms with Gasteiger partial charge >= 0.3 is 0 Å². The predicted octanol–water partition coefficient (Wildman–Crippen LogP) is 2.51. The molecule has 0 aliphatic carbocycles. The van der Waals surface area contributed by atoms with Crippen LogP contribution in [0, 0.1) is 0 Å². The number of ether oxygens (including phenoxy) is 1. The van der Waals surface area contributed by atoms with Gasteiger partial charge in [0.1, 0.15) is 5.75 Å². The van der Waals surface area contributed by atoms with Crippen LogP contribution in [-0.4, -0.2) is 20.2 Å². The van der Waals surface area contributed by atoms with Crippen molar-refractivity contribution < 1.29 is 10.1 Å². The molecule has 104 valence electrons. The summed E-state index contributed by atoms with van der Waals surface area (Å²) in [5, 5.41) is 2.32. The predicted molar refractivity (Wildman–Crippen MR) is 83.8 cm³/mol. The molecule has 2 rings (SSSR count). The molecule has 0 atom stereocenters. The van der Waals surface area contributed by atoms with Gasteiger partial charge in [0.2, 0.25) is 0 Å². The first-order chi connectivity index (χ1) is 9.88. The number of benzene rings is 2. The van der Waals surface area contributed by atoms with E-state index >= 15 is 0 Å². The molecule has 0 radical (unpaired) electrons. The van der Waals surface area contributed by atoms with Crippen molar-refractivity contribution in [3.05, 3.63) is 71.8 Å². The summed E-state index contributed by atoms with van der Waals surface area (Å²) in [5.41, 5.74) is 2.62. The minimum Gasteiger partial charge on any atom is -0.497 e. The summed E-state index contributed by atoms with van der Waals surface area (Å²) in [5.74, 6) is 0.920. The van der Waals surface area contributed by atoms with E-state index in [1.165, 1.54) is 11.1 Å². The van der Waals surface area contributed by atoms with Crippen molar-refractivity contribution in [2.24, 2.45) is 0 Å². The van der Waals surface area contributed by atoms with Crippen LogP contribution in [0.15, 0.2) is 60.7 Å². The fraction of sp³-hybridized carbons (Fsp3) is 0.222. The van der Waals surface area contributed by atoms with Crippen LogP contribution in [0.5, 0.6) is 5.75 Å². The third-order valence-electron chi connectivity index (χ3n) is 3.21. The molecule has 0 amide bonds. The standard InChI is InChI=1S/C18H21NO/c1-20-18-11-9-17(10-12-18)13-15-19-14-5-8-16-6-3-2-4-7-16/h2-12,19H,13-15H2,1H3/p+1/b8-5+. The first-order valence-corrected chi connectivity index (χ1v) is 7.04. The summed E-state index contributed by atoms with van der Waals surface area (Å²) in [6.45, 7) is 2.12. The van der Waals surface area contributed by atoms with Gasteiger partial charge in [-0.05, 0) is 29.3 Å². The molecular formula is C18H22NO+. The largest absolute Gasteiger partial charge is 0.497 e. The van der Waals surface area contributed by atoms with Crippen LogP contribution >= 0.6 is 0 Å². The van der Waals surface area contributed by atoms with Crippen LogP contribution in [0.4, 0.5) is 0 Å². The summed E-state index contributed by atoms with van der Waals surface area (Å²) in [4.78, 5) is 0. The van der Waals surface area contributed by atoms with Crippen LogP contribution in [-0.2, 0) is 6.42 Å². The second-order valence-electron chi connectivity index (χ2n) is 4.72. The van der Waals surface area contributed by atoms with Gasteiger partial charge in [-0.3, -0.25) is 0 Å². The van der Waals surface area contributed by atoms with Crippen molar-refractivity contribution in [1.29, 1.82) is 0 Å². The number of rotatable bonds is 7. The van der Waals surface area contributed by atoms with Crippen LogP contribution in [0.25, 0.3) is 6.08 Å². The third kappa shape index (κ3) is 4.90. The highest BCUT2D eigenvalue weighted by Crippen LogP contribution is 2.10. The molecule has 0 bridgehead atoms. The molecule has 2 heteroatoms. The summed E-state index contributed by atoms with van der Waals surface area (Å²) in [6.07, 6.45) is 5.47. The fourth-order valence-corrected chi connectivity index (χ4v) is 2.04. The van der Waals surface area contributed by atoms with E-state index in [2.05, 4.69) is 53.9 Å². The van der Waals surface area contributed by atoms with E-state index in [1.54, 1.807) is 7.11 Å². The number of nitrogens with two attached hydrogens (primary N) is 1. The first-order valence-electron chi connectivity index (χ1n) is 7.04. The Hall–Kier alpha value is -2.06. The van der Waals surface area contributed by atoms with Gasteiger partial charge in [-0.15, -0.1) is 0 Å². The van der Waals surface area contributed by atoms with Gasteiger partial charge in [0, 0.05) is 6.42 Å². The van der Waals surface area contributed by atoms with Gasteiger partial charge in [0.25, 0.3) is 0 Å². The molecule has 2 nitrogen and oxygen atoms in total. The monoisotopic (exact) mass is 268 g/mol. The minimum absolute atomic E-state index is 0.920. The second-order valence-corrected chi connectivity index (χ2v) is 4.72. The molecule has 0 aliphatic rings. The second kappa shape index (κ2) is 8.18. The highest BCUT2D eigenvalue weighted by atomic mass is 16.5. The van der Waals surface area contributed by atoms with Gasteiger partial charge in [-0.1, -0.05) is 48.5 Å². The molecule has 0 unspecified atom stereocenters. The first kappa shape index (κ1) is 14.4. The van der Waals surface area contributed by atoms with E-state index in [4.69, 9.17) is 4.74 Å². The summed E-state index contributed by atoms with van der Waals surface area (Å²) < 4.78 is 5.15. The minimum atomic E-state index is 0.920. The summed E-state index contributed by atoms with van der Waals surface area (Å²) in [7, 11) is 1.70. The van der Waals surface area contributed by atoms with Crippen LogP contribution < -0.4 is 10.1 Å². The molecule has 0 aromatic heterocycles. The number of quaternary nitrogens is 1. The van der Waals surface area contributed by atoms with Crippen molar-refractivity contribution in [3.63, 3.8) is 0 Å². The molecule has 2 N–H and O–H groups in total. The Kier molecular flexibility index (Phi) is 5.87. The molecule has 0 fully saturated rings. The Labute approximate surface area is 121 Å². The highest BCUT2D eigenvalue weighted by Gasteiger charge is 1.95. The van der Waals surface area contributed by atoms with E-state index in [-0.39, 0.29) is 0 Å². The van der Waals surface area contributed by atoms with Crippen LogP contribution in [0.1, 0.15) is 11.1 Å². The van der Waals surface area contributed by atoms with E-state index in [9.17, 15) is 0 Å². The lowest BCUT2D eigenvalue weighted by atomic mass is 10.1. The molecule has 0 saturated heterocycles. The van der Waals surface area contributed by atoms with Crippen molar-refractivity contribution in [2.45, 2.75) is 6.42 Å². The van der Waals surface area contributed by atoms with Crippen LogP contribution in [0.3, 0.4) is 0 Å². The summed E-state index contributed by atoms with van der Waals surface area (Å²) in [6, 6.07) is 18.7. The van der Waals surface area contributed by atoms with E-state index in [0.717, 1.165) is 25.3 Å². The maximum atomic E-state index is 5.15. The Morgan fingerprint density at radius 2 is 1.75 bits per heavy atom. The highest BCUT2D eigenvalue weighted by molar-refractivity contribution is 5.48. The number of hydrogen-bond donors (Lipinski definition) is 1. The van der Waals surface area contributed by atoms with Gasteiger partial charge < -0.3 is 10.1 Å². The van der Waals surface area contributed by atoms with Crippen molar-refractivity contribution in [3.8, 4) is 5.75 Å². The van der Waals surface area contributed by atoms with Gasteiger partial charge in [0.15, 0.2) is 0 Å². The van der Waals surface area contributed by atoms with Crippen molar-refractivity contribution >= 4 is 6.08 Å². The topological polar surface area (TPSA) is 25.8 Å². The zero-order chi connectivity index (χ0) is 14.0. The summed E-state index contributed by atoms with van der Waals surface area (Å²) >= 11 is 0. The smallest absolute Gasteiger partial charge is 0.118 e. The number of hydrogen-bond acceptors (Lipinski definition) is 1. The molecule has 2 aromatic carbocycles. The SMILES string of the molecule is COc1ccc(CC[NH2+]C/C=C/c2ccccc2)cc1. The molecule has 0 aliphatic heterocycles. The quantitative estimate of drug-likeness (QED) is 0.767. The lowest BCUT2D eigenvalue weighted by Crippen LogP contribution is -2.84. The maximum absolute atomic E-state index is 5.15. The molecule has 20 heavy (non-hydrogen) atoms. The fourth-order valence-electron chi connectivity index (χ4n) is 2.04. The average molecular weight is 268 g/mol. The molecule has 0 spiro atoms. The molecule has 0 heterocycles. The average Bonchev–Trinajstić information content (AvgIpc) is 2.52. The molecule has 2 aromatic rings. The normalized spacial score (nSPS) is 10.8. The lowest BCUT2D eigenvalue weighted by Gasteiger charge is -2.02. The van der Waals surface area contributed by atoms with Gasteiger partial charge in [-0.2, -0.15) is 0 Å².